The Morgan fingerprint density at radius 1 is 1.19 bits per heavy atom. The van der Waals surface area contributed by atoms with Crippen LogP contribution in [0.15, 0.2) is 48.7 Å². The van der Waals surface area contributed by atoms with Crippen molar-refractivity contribution in [3.05, 3.63) is 54.4 Å². The maximum Gasteiger partial charge on any atom is 0.332 e. The molecule has 3 amide bonds. The summed E-state index contributed by atoms with van der Waals surface area (Å²) in [5.74, 6) is 0.466. The van der Waals surface area contributed by atoms with Crippen LogP contribution >= 0.6 is 0 Å². The highest BCUT2D eigenvalue weighted by Gasteiger charge is 2.48. The van der Waals surface area contributed by atoms with E-state index in [2.05, 4.69) is 10.3 Å². The smallest absolute Gasteiger partial charge is 0.332 e. The number of hydrogen-bond donors (Lipinski definition) is 1. The minimum absolute atomic E-state index is 0.147. The van der Waals surface area contributed by atoms with Crippen molar-refractivity contribution >= 4 is 17.6 Å². The summed E-state index contributed by atoms with van der Waals surface area (Å²) in [6.07, 6.45) is 2.46. The van der Waals surface area contributed by atoms with Crippen molar-refractivity contribution in [2.75, 3.05) is 18.6 Å². The molecule has 4 rings (SSSR count). The fraction of sp³-hybridized carbons (Fsp3) is 0.316. The van der Waals surface area contributed by atoms with Crippen LogP contribution in [0, 0.1) is 0 Å². The van der Waals surface area contributed by atoms with Gasteiger partial charge in [0.2, 0.25) is 0 Å². The van der Waals surface area contributed by atoms with Crippen molar-refractivity contribution in [1.82, 2.24) is 15.2 Å². The Bertz CT molecular complexity index is 809. The molecular weight excluding hydrogens is 332 g/mol. The number of methoxy groups -OCH3 is 1. The fourth-order valence-electron chi connectivity index (χ4n) is 3.60. The van der Waals surface area contributed by atoms with Crippen molar-refractivity contribution in [3.63, 3.8) is 0 Å². The number of nitrogens with zero attached hydrogens (tertiary/aromatic N) is 3. The minimum atomic E-state index is -0.390. The molecule has 2 atom stereocenters. The van der Waals surface area contributed by atoms with E-state index in [9.17, 15) is 9.59 Å². The van der Waals surface area contributed by atoms with E-state index in [0.717, 1.165) is 12.1 Å². The Morgan fingerprint density at radius 3 is 2.69 bits per heavy atom. The molecule has 0 aliphatic carbocycles. The molecule has 7 nitrogen and oxygen atoms in total. The lowest BCUT2D eigenvalue weighted by Crippen LogP contribution is -2.64. The normalized spacial score (nSPS) is 22.5. The standard InChI is InChI=1S/C19H20N4O3/c1-26-15-7-5-14(6-8-15)23-18(24)17-16(9-11-21-17)22(19(23)25)12-13-4-2-3-10-20-13/h2-8,10,16-17,21H,9,11-12H2,1H3/t16-,17+/m1/s1. The SMILES string of the molecule is COc1ccc(N2C(=O)[C@H]3NCC[C@H]3N(Cc3ccccn3)C2=O)cc1. The first-order chi connectivity index (χ1) is 12.7. The highest BCUT2D eigenvalue weighted by atomic mass is 16.5. The van der Waals surface area contributed by atoms with E-state index in [0.29, 0.717) is 24.5 Å². The molecule has 134 valence electrons. The van der Waals surface area contributed by atoms with Crippen LogP contribution in [0.5, 0.6) is 5.75 Å². The summed E-state index contributed by atoms with van der Waals surface area (Å²) < 4.78 is 5.16. The van der Waals surface area contributed by atoms with Gasteiger partial charge in [-0.1, -0.05) is 6.07 Å². The van der Waals surface area contributed by atoms with Gasteiger partial charge in [0.05, 0.1) is 31.1 Å². The molecular formula is C19H20N4O3. The number of urea groups is 1. The Labute approximate surface area is 151 Å². The predicted octanol–water partition coefficient (Wildman–Crippen LogP) is 1.79. The lowest BCUT2D eigenvalue weighted by Gasteiger charge is -2.41. The van der Waals surface area contributed by atoms with Gasteiger partial charge < -0.3 is 15.0 Å². The average molecular weight is 352 g/mol. The summed E-state index contributed by atoms with van der Waals surface area (Å²) in [5.41, 5.74) is 1.34. The van der Waals surface area contributed by atoms with Gasteiger partial charge in [0.25, 0.3) is 5.91 Å². The second-order valence-corrected chi connectivity index (χ2v) is 6.39. The van der Waals surface area contributed by atoms with E-state index >= 15 is 0 Å². The summed E-state index contributed by atoms with van der Waals surface area (Å²) in [4.78, 5) is 33.4. The monoisotopic (exact) mass is 352 g/mol. The average Bonchev–Trinajstić information content (AvgIpc) is 3.17. The van der Waals surface area contributed by atoms with Crippen molar-refractivity contribution in [2.24, 2.45) is 0 Å². The number of carbonyl (C=O) groups excluding carboxylic acids is 2. The molecule has 2 aromatic rings. The molecule has 1 N–H and O–H groups in total. The van der Waals surface area contributed by atoms with Crippen molar-refractivity contribution in [1.29, 1.82) is 0 Å². The van der Waals surface area contributed by atoms with E-state index < -0.39 is 6.04 Å². The number of aromatic nitrogens is 1. The number of rotatable bonds is 4. The molecule has 7 heteroatoms. The van der Waals surface area contributed by atoms with Crippen LogP contribution in [-0.4, -0.2) is 47.6 Å². The molecule has 2 saturated heterocycles. The molecule has 2 aliphatic heterocycles. The van der Waals surface area contributed by atoms with Crippen LogP contribution in [0.25, 0.3) is 0 Å². The Morgan fingerprint density at radius 2 is 2.00 bits per heavy atom. The highest BCUT2D eigenvalue weighted by Crippen LogP contribution is 2.30. The van der Waals surface area contributed by atoms with Crippen molar-refractivity contribution in [2.45, 2.75) is 25.0 Å². The zero-order chi connectivity index (χ0) is 18.1. The third kappa shape index (κ3) is 2.80. The summed E-state index contributed by atoms with van der Waals surface area (Å²) in [6, 6.07) is 11.7. The number of nitrogens with one attached hydrogen (secondary N) is 1. The first-order valence-electron chi connectivity index (χ1n) is 8.61. The molecule has 0 unspecified atom stereocenters. The van der Waals surface area contributed by atoms with Gasteiger partial charge in [-0.25, -0.2) is 9.69 Å². The molecule has 0 radical (unpaired) electrons. The number of pyridine rings is 1. The maximum absolute atomic E-state index is 13.2. The van der Waals surface area contributed by atoms with Crippen LogP contribution in [0.4, 0.5) is 10.5 Å². The zero-order valence-corrected chi connectivity index (χ0v) is 14.5. The van der Waals surface area contributed by atoms with E-state index in [1.54, 1.807) is 42.5 Å². The number of carbonyl (C=O) groups is 2. The van der Waals surface area contributed by atoms with Gasteiger partial charge in [-0.2, -0.15) is 0 Å². The molecule has 0 bridgehead atoms. The molecule has 3 heterocycles. The van der Waals surface area contributed by atoms with Crippen molar-refractivity contribution in [3.8, 4) is 5.75 Å². The van der Waals surface area contributed by atoms with E-state index in [4.69, 9.17) is 4.74 Å². The highest BCUT2D eigenvalue weighted by molar-refractivity contribution is 6.18. The van der Waals surface area contributed by atoms with E-state index in [1.807, 2.05) is 18.2 Å². The summed E-state index contributed by atoms with van der Waals surface area (Å²) in [5, 5.41) is 3.24. The van der Waals surface area contributed by atoms with Crippen LogP contribution < -0.4 is 15.0 Å². The number of fused-ring (bicyclic) bond motifs is 1. The van der Waals surface area contributed by atoms with Gasteiger partial charge in [0, 0.05) is 6.20 Å². The van der Waals surface area contributed by atoms with Crippen LogP contribution in [0.2, 0.25) is 0 Å². The van der Waals surface area contributed by atoms with Gasteiger partial charge in [-0.15, -0.1) is 0 Å². The van der Waals surface area contributed by atoms with Crippen molar-refractivity contribution < 1.29 is 14.3 Å². The Kier molecular flexibility index (Phi) is 4.30. The second kappa shape index (κ2) is 6.76. The number of benzene rings is 1. The van der Waals surface area contributed by atoms with Crippen LogP contribution in [-0.2, 0) is 11.3 Å². The molecule has 0 saturated carbocycles. The number of amides is 3. The van der Waals surface area contributed by atoms with E-state index in [-0.39, 0.29) is 18.0 Å². The first-order valence-corrected chi connectivity index (χ1v) is 8.61. The Hall–Kier alpha value is -2.93. The lowest BCUT2D eigenvalue weighted by molar-refractivity contribution is -0.122. The number of hydrogen-bond acceptors (Lipinski definition) is 5. The lowest BCUT2D eigenvalue weighted by atomic mass is 10.0. The quantitative estimate of drug-likeness (QED) is 0.908. The predicted molar refractivity (Wildman–Crippen MR) is 95.9 cm³/mol. The van der Waals surface area contributed by atoms with Gasteiger partial charge >= 0.3 is 6.03 Å². The van der Waals surface area contributed by atoms with Crippen LogP contribution in [0.1, 0.15) is 12.1 Å². The Balaban J connectivity index is 1.67. The van der Waals surface area contributed by atoms with Crippen LogP contribution in [0.3, 0.4) is 0 Å². The molecule has 1 aromatic heterocycles. The summed E-state index contributed by atoms with van der Waals surface area (Å²) >= 11 is 0. The molecule has 2 fully saturated rings. The van der Waals surface area contributed by atoms with E-state index in [1.165, 1.54) is 4.90 Å². The van der Waals surface area contributed by atoms with Gasteiger partial charge in [-0.3, -0.25) is 9.78 Å². The second-order valence-electron chi connectivity index (χ2n) is 6.39. The third-order valence-electron chi connectivity index (χ3n) is 4.90. The minimum Gasteiger partial charge on any atom is -0.497 e. The molecule has 2 aliphatic rings. The molecule has 0 spiro atoms. The number of imide groups is 1. The fourth-order valence-corrected chi connectivity index (χ4v) is 3.60. The van der Waals surface area contributed by atoms with Gasteiger partial charge in [0.1, 0.15) is 11.8 Å². The summed E-state index contributed by atoms with van der Waals surface area (Å²) in [6.45, 7) is 1.09. The van der Waals surface area contributed by atoms with Gasteiger partial charge in [-0.05, 0) is 49.4 Å². The topological polar surface area (TPSA) is 74.8 Å². The molecule has 26 heavy (non-hydrogen) atoms. The van der Waals surface area contributed by atoms with Gasteiger partial charge in [0.15, 0.2) is 0 Å². The largest absolute Gasteiger partial charge is 0.497 e. The number of ether oxygens (including phenoxy) is 1. The first kappa shape index (κ1) is 16.5. The molecule has 1 aromatic carbocycles. The summed E-state index contributed by atoms with van der Waals surface area (Å²) in [7, 11) is 1.58. The maximum atomic E-state index is 13.2. The zero-order valence-electron chi connectivity index (χ0n) is 14.5. The number of anilines is 1. The third-order valence-corrected chi connectivity index (χ3v) is 4.90.